The van der Waals surface area contributed by atoms with Crippen molar-refractivity contribution < 1.29 is 13.3 Å². The summed E-state index contributed by atoms with van der Waals surface area (Å²) in [5, 5.41) is 11.7. The lowest BCUT2D eigenvalue weighted by Gasteiger charge is -2.28. The smallest absolute Gasteiger partial charge is 0.159 e. The molecule has 12 aromatic rings. The molecule has 3 heterocycles. The number of benzene rings is 9. The van der Waals surface area contributed by atoms with Gasteiger partial charge in [0, 0.05) is 72.3 Å². The molecular weight excluding hydrogens is 925 g/mol. The fourth-order valence-electron chi connectivity index (χ4n) is 11.1. The molecule has 0 aliphatic carbocycles. The number of anilines is 6. The predicted molar refractivity (Wildman–Crippen MR) is 319 cm³/mol. The van der Waals surface area contributed by atoms with E-state index in [1.807, 2.05) is 0 Å². The van der Waals surface area contributed by atoms with Crippen molar-refractivity contribution in [3.63, 3.8) is 0 Å². The topological polar surface area (TPSA) is 45.9 Å². The predicted octanol–water partition coefficient (Wildman–Crippen LogP) is 19.2. The highest BCUT2D eigenvalue weighted by molar-refractivity contribution is 6.89. The van der Waals surface area contributed by atoms with E-state index in [-0.39, 0.29) is 10.8 Å². The van der Waals surface area contributed by atoms with Crippen LogP contribution in [0.15, 0.2) is 183 Å². The summed E-state index contributed by atoms with van der Waals surface area (Å²) in [4.78, 5) is 4.73. The number of para-hydroxylation sites is 4. The first-order valence-electron chi connectivity index (χ1n) is 25.8. The molecule has 364 valence electrons. The number of hydrogen-bond acceptors (Lipinski definition) is 5. The summed E-state index contributed by atoms with van der Waals surface area (Å²) >= 11 is 0. The van der Waals surface area contributed by atoms with E-state index < -0.39 is 16.1 Å². The first-order valence-corrected chi connectivity index (χ1v) is 32.8. The van der Waals surface area contributed by atoms with Crippen molar-refractivity contribution in [1.29, 1.82) is 0 Å². The van der Waals surface area contributed by atoms with E-state index in [0.717, 1.165) is 111 Å². The SMILES string of the molecule is CC(C)(C)c1cccc2c1oc1c(N(c3ccc([Si](C)(C)C)cc3)c3ccc4c(c3)oc3cc(N(c5ccc([Si](C)(C)C)cc5)c5cccc6c5oc5c(C(C)(C)C)cccc56)c5ccccc5c34)cccc12. The lowest BCUT2D eigenvalue weighted by Crippen LogP contribution is -2.37. The van der Waals surface area contributed by atoms with Gasteiger partial charge in [-0.1, -0.05) is 200 Å². The molecule has 0 atom stereocenters. The number of nitrogens with zero attached hydrogens (tertiary/aromatic N) is 2. The Hall–Kier alpha value is -7.33. The molecule has 3 aromatic heterocycles. The van der Waals surface area contributed by atoms with Gasteiger partial charge in [-0.15, -0.1) is 0 Å². The normalized spacial score (nSPS) is 12.9. The molecule has 5 nitrogen and oxygen atoms in total. The fraction of sp³-hybridized carbons (Fsp3) is 0.212. The van der Waals surface area contributed by atoms with Crippen LogP contribution >= 0.6 is 0 Å². The van der Waals surface area contributed by atoms with Crippen molar-refractivity contribution in [3.8, 4) is 0 Å². The van der Waals surface area contributed by atoms with Crippen LogP contribution in [0.2, 0.25) is 39.3 Å². The van der Waals surface area contributed by atoms with E-state index >= 15 is 0 Å². The van der Waals surface area contributed by atoms with E-state index in [1.165, 1.54) is 21.5 Å². The molecule has 0 aliphatic heterocycles. The molecule has 0 bridgehead atoms. The van der Waals surface area contributed by atoms with Crippen molar-refractivity contribution in [2.45, 2.75) is 91.7 Å². The van der Waals surface area contributed by atoms with Crippen LogP contribution in [0.3, 0.4) is 0 Å². The molecule has 0 radical (unpaired) electrons. The molecule has 0 saturated heterocycles. The van der Waals surface area contributed by atoms with Crippen LogP contribution in [0.1, 0.15) is 52.7 Å². The highest BCUT2D eigenvalue weighted by atomic mass is 28.3. The second-order valence-electron chi connectivity index (χ2n) is 24.2. The molecule has 9 aromatic carbocycles. The second kappa shape index (κ2) is 16.6. The van der Waals surface area contributed by atoms with Crippen LogP contribution in [0, 0.1) is 0 Å². The maximum Gasteiger partial charge on any atom is 0.159 e. The van der Waals surface area contributed by atoms with Gasteiger partial charge in [0.2, 0.25) is 0 Å². The monoisotopic (exact) mass is 988 g/mol. The molecule has 7 heteroatoms. The van der Waals surface area contributed by atoms with Gasteiger partial charge in [-0.05, 0) is 64.7 Å². The molecule has 0 amide bonds. The Morgan fingerprint density at radius 2 is 0.753 bits per heavy atom. The van der Waals surface area contributed by atoms with Crippen LogP contribution in [0.25, 0.3) is 76.6 Å². The van der Waals surface area contributed by atoms with Crippen molar-refractivity contribution in [2.75, 3.05) is 9.80 Å². The molecular formula is C66H64N2O3Si2. The summed E-state index contributed by atoms with van der Waals surface area (Å²) in [6, 6.07) is 62.4. The third kappa shape index (κ3) is 7.78. The molecule has 0 spiro atoms. The standard InChI is InChI=1S/C66H64N2O3Si2/c1-65(2,3)53-25-15-21-48-50-23-17-27-55(63(50)70-61(48)53)67(41-29-34-44(35-30-41)72(7,8)9)43-33-38-52-58(39-43)69-59-40-57(46-19-13-14-20-47(46)60(52)59)68(42-31-36-45(37-32-42)73(10,11)12)56-28-18-24-51-49-22-16-26-54(66(4,5)6)62(49)71-64(51)56/h13-40H,1-12H3. The van der Waals surface area contributed by atoms with Crippen LogP contribution in [-0.4, -0.2) is 16.1 Å². The Morgan fingerprint density at radius 1 is 0.329 bits per heavy atom. The van der Waals surface area contributed by atoms with Gasteiger partial charge >= 0.3 is 0 Å². The first kappa shape index (κ1) is 46.7. The minimum Gasteiger partial charge on any atom is -0.456 e. The minimum absolute atomic E-state index is 0.0947. The zero-order chi connectivity index (χ0) is 50.9. The van der Waals surface area contributed by atoms with E-state index in [9.17, 15) is 0 Å². The van der Waals surface area contributed by atoms with Crippen molar-refractivity contribution in [2.24, 2.45) is 0 Å². The maximum absolute atomic E-state index is 7.20. The van der Waals surface area contributed by atoms with E-state index in [0.29, 0.717) is 0 Å². The largest absolute Gasteiger partial charge is 0.456 e. The van der Waals surface area contributed by atoms with Crippen LogP contribution < -0.4 is 20.2 Å². The van der Waals surface area contributed by atoms with Gasteiger partial charge in [0.1, 0.15) is 22.3 Å². The van der Waals surface area contributed by atoms with Gasteiger partial charge < -0.3 is 23.1 Å². The number of rotatable bonds is 8. The molecule has 0 fully saturated rings. The van der Waals surface area contributed by atoms with Gasteiger partial charge in [0.25, 0.3) is 0 Å². The fourth-order valence-corrected chi connectivity index (χ4v) is 13.5. The molecule has 0 N–H and O–H groups in total. The van der Waals surface area contributed by atoms with Gasteiger partial charge in [0.05, 0.1) is 38.9 Å². The van der Waals surface area contributed by atoms with Gasteiger partial charge in [0.15, 0.2) is 11.2 Å². The molecule has 73 heavy (non-hydrogen) atoms. The molecule has 0 unspecified atom stereocenters. The quantitative estimate of drug-likeness (QED) is 0.142. The van der Waals surface area contributed by atoms with Crippen LogP contribution in [0.5, 0.6) is 0 Å². The minimum atomic E-state index is -1.60. The summed E-state index contributed by atoms with van der Waals surface area (Å²) < 4.78 is 21.4. The highest BCUT2D eigenvalue weighted by Crippen LogP contribution is 2.50. The van der Waals surface area contributed by atoms with E-state index in [1.54, 1.807) is 0 Å². The maximum atomic E-state index is 7.20. The summed E-state index contributed by atoms with van der Waals surface area (Å²) in [7, 11) is -3.17. The third-order valence-corrected chi connectivity index (χ3v) is 19.2. The lowest BCUT2D eigenvalue weighted by atomic mass is 9.86. The number of furan rings is 3. The average Bonchev–Trinajstić information content (AvgIpc) is 4.06. The summed E-state index contributed by atoms with van der Waals surface area (Å²) in [6.07, 6.45) is 0. The molecule has 0 aliphatic rings. The zero-order valence-electron chi connectivity index (χ0n) is 44.3. The second-order valence-corrected chi connectivity index (χ2v) is 34.4. The Kier molecular flexibility index (Phi) is 10.6. The molecule has 12 rings (SSSR count). The Balaban J connectivity index is 1.09. The third-order valence-electron chi connectivity index (χ3n) is 15.0. The Morgan fingerprint density at radius 3 is 1.25 bits per heavy atom. The van der Waals surface area contributed by atoms with Crippen LogP contribution in [0.4, 0.5) is 34.1 Å². The van der Waals surface area contributed by atoms with Gasteiger partial charge in [-0.3, -0.25) is 0 Å². The average molecular weight is 989 g/mol. The first-order chi connectivity index (χ1) is 34.7. The zero-order valence-corrected chi connectivity index (χ0v) is 46.3. The summed E-state index contributed by atoms with van der Waals surface area (Å²) in [6.45, 7) is 27.9. The Labute approximate surface area is 430 Å². The number of fused-ring (bicyclic) bond motifs is 11. The van der Waals surface area contributed by atoms with Crippen molar-refractivity contribution in [3.05, 3.63) is 181 Å². The summed E-state index contributed by atoms with van der Waals surface area (Å²) in [5.74, 6) is 0. The lowest BCUT2D eigenvalue weighted by molar-refractivity contribution is 0.572. The van der Waals surface area contributed by atoms with Gasteiger partial charge in [-0.2, -0.15) is 0 Å². The summed E-state index contributed by atoms with van der Waals surface area (Å²) in [5.41, 5.74) is 13.5. The van der Waals surface area contributed by atoms with E-state index in [4.69, 9.17) is 13.3 Å². The van der Waals surface area contributed by atoms with Crippen LogP contribution in [-0.2, 0) is 10.8 Å². The number of hydrogen-bond donors (Lipinski definition) is 0. The molecule has 0 saturated carbocycles. The van der Waals surface area contributed by atoms with Gasteiger partial charge in [-0.25, -0.2) is 0 Å². The van der Waals surface area contributed by atoms with E-state index in [2.05, 4.69) is 260 Å². The Bertz CT molecular complexity index is 4130. The van der Waals surface area contributed by atoms with Crippen molar-refractivity contribution >= 4 is 137 Å². The van der Waals surface area contributed by atoms with Crippen molar-refractivity contribution in [1.82, 2.24) is 0 Å². The highest BCUT2D eigenvalue weighted by Gasteiger charge is 2.29.